The maximum absolute atomic E-state index is 7.89. The van der Waals surface area contributed by atoms with Gasteiger partial charge in [0.05, 0.1) is 0 Å². The van der Waals surface area contributed by atoms with Crippen molar-refractivity contribution in [2.24, 2.45) is 0 Å². The second-order valence-corrected chi connectivity index (χ2v) is 0.847. The van der Waals surface area contributed by atoms with E-state index in [1.807, 2.05) is 0 Å². The number of hydrogen-bond donors (Lipinski definition) is 1. The molecule has 2 nitrogen and oxygen atoms in total. The van der Waals surface area contributed by atoms with Gasteiger partial charge in [-0.25, -0.2) is 0 Å². The van der Waals surface area contributed by atoms with Gasteiger partial charge in [0, 0.05) is 14.1 Å². The van der Waals surface area contributed by atoms with Crippen molar-refractivity contribution >= 4 is 0 Å². The number of rotatable bonds is 0. The smallest absolute Gasteiger partial charge is 1.00 e. The summed E-state index contributed by atoms with van der Waals surface area (Å²) in [5.41, 5.74) is 0. The van der Waals surface area contributed by atoms with Gasteiger partial charge in [-0.1, -0.05) is 0 Å². The summed E-state index contributed by atoms with van der Waals surface area (Å²) in [6, 6.07) is 0. The van der Waals surface area contributed by atoms with E-state index in [4.69, 9.17) is 5.21 Å². The van der Waals surface area contributed by atoms with Gasteiger partial charge in [0.25, 0.3) is 0 Å². The van der Waals surface area contributed by atoms with Gasteiger partial charge in [0.1, 0.15) is 0 Å². The van der Waals surface area contributed by atoms with Crippen molar-refractivity contribution in [3.05, 3.63) is 0 Å². The van der Waals surface area contributed by atoms with Gasteiger partial charge < -0.3 is 6.63 Å². The van der Waals surface area contributed by atoms with E-state index in [0.717, 1.165) is 5.06 Å². The third-order valence-electron chi connectivity index (χ3n) is 0. The first-order valence-corrected chi connectivity index (χ1v) is 1.09. The van der Waals surface area contributed by atoms with Crippen molar-refractivity contribution in [3.63, 3.8) is 0 Å². The second-order valence-electron chi connectivity index (χ2n) is 0.847. The molecule has 1 N–H and O–H groups in total. The zero-order chi connectivity index (χ0) is 3.58. The van der Waals surface area contributed by atoms with Crippen LogP contribution >= 0.6 is 0 Å². The summed E-state index contributed by atoms with van der Waals surface area (Å²) >= 11 is 0. The molecule has 0 fully saturated rings. The fourth-order valence-electron chi connectivity index (χ4n) is 0. The first-order valence-electron chi connectivity index (χ1n) is 1.09. The minimum Gasteiger partial charge on any atom is -1.00 e. The predicted molar refractivity (Wildman–Crippen MR) is 16.6 cm³/mol. The van der Waals surface area contributed by atoms with E-state index in [1.165, 1.54) is 0 Å². The number of nitrogens with zero attached hydrogens (tertiary/aromatic N) is 1. The summed E-state index contributed by atoms with van der Waals surface area (Å²) < 4.78 is 0. The predicted octanol–water partition coefficient (Wildman–Crippen LogP) is -2.95. The summed E-state index contributed by atoms with van der Waals surface area (Å²) in [6.07, 6.45) is 0. The molecule has 0 saturated heterocycles. The fourth-order valence-corrected chi connectivity index (χ4v) is 0. The van der Waals surface area contributed by atoms with Gasteiger partial charge in [0.15, 0.2) is 0 Å². The van der Waals surface area contributed by atoms with E-state index in [9.17, 15) is 0 Å². The zero-order valence-electron chi connectivity index (χ0n) is 4.89. The monoisotopic (exact) mass is 69.1 g/mol. The van der Waals surface area contributed by atoms with Crippen LogP contribution < -0.4 is 18.9 Å². The average molecular weight is 69.0 g/mol. The Hall–Kier alpha value is 0.517. The van der Waals surface area contributed by atoms with Crippen molar-refractivity contribution in [1.29, 1.82) is 0 Å². The molecule has 0 heterocycles. The largest absolute Gasteiger partial charge is 1.00 e. The maximum Gasteiger partial charge on any atom is 1.00 e. The van der Waals surface area contributed by atoms with Crippen LogP contribution in [0.1, 0.15) is 1.43 Å². The molecule has 0 bridgehead atoms. The quantitative estimate of drug-likeness (QED) is 0.243. The Balaban J connectivity index is -0.0000000450. The molecule has 0 aliphatic carbocycles. The van der Waals surface area contributed by atoms with Crippen molar-refractivity contribution in [3.8, 4) is 0 Å². The summed E-state index contributed by atoms with van der Waals surface area (Å²) in [6.45, 7) is 0. The van der Waals surface area contributed by atoms with Crippen molar-refractivity contribution in [2.75, 3.05) is 14.1 Å². The number of hydroxylamine groups is 2. The van der Waals surface area contributed by atoms with Crippen LogP contribution in [0.4, 0.5) is 0 Å². The van der Waals surface area contributed by atoms with E-state index < -0.39 is 0 Å². The van der Waals surface area contributed by atoms with Crippen LogP contribution in [-0.2, 0) is 0 Å². The van der Waals surface area contributed by atoms with Crippen LogP contribution in [0.3, 0.4) is 0 Å². The molecule has 0 aliphatic rings. The molecule has 0 amide bonds. The van der Waals surface area contributed by atoms with Crippen LogP contribution in [0.25, 0.3) is 0 Å². The fraction of sp³-hybridized carbons (Fsp3) is 1.00. The van der Waals surface area contributed by atoms with Gasteiger partial charge in [-0.15, -0.1) is 0 Å². The Kier molecular flexibility index (Phi) is 8.22. The van der Waals surface area contributed by atoms with Crippen LogP contribution in [-0.4, -0.2) is 24.4 Å². The van der Waals surface area contributed by atoms with Crippen LogP contribution in [0.2, 0.25) is 0 Å². The molecule has 0 saturated carbocycles. The number of hydrogen-bond acceptors (Lipinski definition) is 2. The zero-order valence-corrected chi connectivity index (χ0v) is 3.89. The van der Waals surface area contributed by atoms with Gasteiger partial charge >= 0.3 is 18.9 Å². The summed E-state index contributed by atoms with van der Waals surface area (Å²) in [4.78, 5) is 0. The first kappa shape index (κ1) is 9.10. The summed E-state index contributed by atoms with van der Waals surface area (Å²) in [7, 11) is 3.11. The van der Waals surface area contributed by atoms with Gasteiger partial charge in [0.2, 0.25) is 0 Å². The molecular weight excluding hydrogens is 61.0 g/mol. The van der Waals surface area contributed by atoms with E-state index >= 15 is 0 Å². The molecule has 0 atom stereocenters. The van der Waals surface area contributed by atoms with E-state index in [0.29, 0.717) is 0 Å². The topological polar surface area (TPSA) is 23.5 Å². The van der Waals surface area contributed by atoms with Crippen LogP contribution in [0, 0.1) is 0 Å². The molecule has 0 aromatic rings. The van der Waals surface area contributed by atoms with E-state index in [2.05, 4.69) is 0 Å². The second kappa shape index (κ2) is 4.52. The summed E-state index contributed by atoms with van der Waals surface area (Å²) in [5, 5.41) is 8.89. The molecule has 5 heavy (non-hydrogen) atoms. The Bertz CT molecular complexity index is 18.3. The Labute approximate surface area is 45.4 Å². The van der Waals surface area contributed by atoms with Gasteiger partial charge in [-0.05, 0) is 0 Å². The molecule has 0 spiro atoms. The molecule has 0 radical (unpaired) electrons. The maximum atomic E-state index is 7.89. The average Bonchev–Trinajstić information content (AvgIpc) is 0.811. The molecule has 0 aromatic heterocycles. The van der Waals surface area contributed by atoms with Gasteiger partial charge in [-0.3, -0.25) is 0 Å². The third kappa shape index (κ3) is 107. The standard InChI is InChI=1S/C2H7NO.Li.H/c1-3(2)4;;/h4H,1-2H3;;/q;+1;-1. The molecule has 0 rings (SSSR count). The van der Waals surface area contributed by atoms with Crippen molar-refractivity contribution in [2.45, 2.75) is 0 Å². The third-order valence-corrected chi connectivity index (χ3v) is 0. The molecule has 0 aliphatic heterocycles. The Morgan fingerprint density at radius 3 is 1.60 bits per heavy atom. The molecule has 3 heteroatoms. The SMILES string of the molecule is CN(C)O.[H-].[Li+]. The Morgan fingerprint density at radius 2 is 1.60 bits per heavy atom. The summed E-state index contributed by atoms with van der Waals surface area (Å²) in [5.74, 6) is 0. The van der Waals surface area contributed by atoms with Gasteiger partial charge in [-0.2, -0.15) is 5.06 Å². The molecular formula is C2H8LiNO. The minimum absolute atomic E-state index is 0. The first-order chi connectivity index (χ1) is 1.73. The molecule has 0 aromatic carbocycles. The van der Waals surface area contributed by atoms with E-state index in [1.54, 1.807) is 14.1 Å². The van der Waals surface area contributed by atoms with Crippen LogP contribution in [0.15, 0.2) is 0 Å². The minimum atomic E-state index is 0. The van der Waals surface area contributed by atoms with Crippen LogP contribution in [0.5, 0.6) is 0 Å². The molecule has 0 unspecified atom stereocenters. The Morgan fingerprint density at radius 1 is 1.60 bits per heavy atom. The van der Waals surface area contributed by atoms with E-state index in [-0.39, 0.29) is 20.3 Å². The normalized spacial score (nSPS) is 7.20. The molecule has 28 valence electrons. The van der Waals surface area contributed by atoms with Crippen molar-refractivity contribution < 1.29 is 25.5 Å². The van der Waals surface area contributed by atoms with Crippen molar-refractivity contribution in [1.82, 2.24) is 5.06 Å².